The molecule has 0 unspecified atom stereocenters. The molecule has 26 heavy (non-hydrogen) atoms. The van der Waals surface area contributed by atoms with Crippen molar-refractivity contribution in [3.05, 3.63) is 84.5 Å². The van der Waals surface area contributed by atoms with E-state index < -0.39 is 15.6 Å². The summed E-state index contributed by atoms with van der Waals surface area (Å²) in [6.45, 7) is 0.836. The number of rotatable bonds is 5. The quantitative estimate of drug-likeness (QED) is 0.442. The molecule has 140 valence electrons. The van der Waals surface area contributed by atoms with E-state index in [1.54, 1.807) is 0 Å². The molecular weight excluding hydrogens is 367 g/mol. The predicted molar refractivity (Wildman–Crippen MR) is 97.2 cm³/mol. The van der Waals surface area contributed by atoms with E-state index in [0.717, 1.165) is 12.2 Å². The van der Waals surface area contributed by atoms with Crippen LogP contribution in [0.5, 0.6) is 0 Å². The predicted octanol–water partition coefficient (Wildman–Crippen LogP) is 4.76. The van der Waals surface area contributed by atoms with Crippen molar-refractivity contribution in [3.63, 3.8) is 0 Å². The maximum absolute atomic E-state index is 10.7. The van der Waals surface area contributed by atoms with E-state index in [4.69, 9.17) is 13.0 Å². The van der Waals surface area contributed by atoms with Gasteiger partial charge in [-0.3, -0.25) is 4.55 Å². The fourth-order valence-electron chi connectivity index (χ4n) is 1.61. The van der Waals surface area contributed by atoms with Gasteiger partial charge in [-0.05, 0) is 17.7 Å². The summed E-state index contributed by atoms with van der Waals surface area (Å²) in [6.07, 6.45) is 8.32. The zero-order valence-corrected chi connectivity index (χ0v) is 14.4. The summed E-state index contributed by atoms with van der Waals surface area (Å²) in [4.78, 5) is 0. The molecule has 0 radical (unpaired) electrons. The highest BCUT2D eigenvalue weighted by atomic mass is 32.2. The second-order valence-electron chi connectivity index (χ2n) is 4.87. The van der Waals surface area contributed by atoms with Crippen LogP contribution in [0.4, 0.5) is 18.9 Å². The molecule has 4 nitrogen and oxygen atoms in total. The lowest BCUT2D eigenvalue weighted by Gasteiger charge is -2.00. The number of para-hydroxylation sites is 1. The Morgan fingerprint density at radius 1 is 0.923 bits per heavy atom. The highest BCUT2D eigenvalue weighted by Crippen LogP contribution is 2.20. The van der Waals surface area contributed by atoms with E-state index in [-0.39, 0.29) is 0 Å². The lowest BCUT2D eigenvalue weighted by atomic mass is 10.2. The average Bonchev–Trinajstić information content (AvgIpc) is 2.59. The van der Waals surface area contributed by atoms with Crippen LogP contribution in [0.25, 0.3) is 6.08 Å². The van der Waals surface area contributed by atoms with Crippen LogP contribution in [0, 0.1) is 0 Å². The summed E-state index contributed by atoms with van der Waals surface area (Å²) in [5.74, 6) is 0. The van der Waals surface area contributed by atoms with Gasteiger partial charge in [0.15, 0.2) is 0 Å². The maximum atomic E-state index is 10.7. The summed E-state index contributed by atoms with van der Waals surface area (Å²) < 4.78 is 57.5. The van der Waals surface area contributed by atoms with Crippen molar-refractivity contribution >= 4 is 21.9 Å². The van der Waals surface area contributed by atoms with Gasteiger partial charge >= 0.3 is 15.6 Å². The Kier molecular flexibility index (Phi) is 8.60. The Morgan fingerprint density at radius 2 is 1.42 bits per heavy atom. The molecule has 8 heteroatoms. The summed E-state index contributed by atoms with van der Waals surface area (Å²) in [7, 11) is -5.84. The van der Waals surface area contributed by atoms with Crippen LogP contribution in [-0.4, -0.2) is 25.0 Å². The molecule has 0 aliphatic carbocycles. The van der Waals surface area contributed by atoms with Crippen molar-refractivity contribution in [2.45, 2.75) is 5.51 Å². The summed E-state index contributed by atoms with van der Waals surface area (Å²) in [6, 6.07) is 20.5. The minimum absolute atomic E-state index is 0.836. The van der Waals surface area contributed by atoms with Gasteiger partial charge in [0.2, 0.25) is 0 Å². The summed E-state index contributed by atoms with van der Waals surface area (Å²) in [5.41, 5.74) is -3.17. The number of allylic oxidation sites excluding steroid dienone is 2. The van der Waals surface area contributed by atoms with E-state index in [1.165, 1.54) is 5.56 Å². The summed E-state index contributed by atoms with van der Waals surface area (Å²) >= 11 is 0. The minimum Gasteiger partial charge on any atom is -0.382 e. The standard InChI is InChI=1S/C17H17N.CHF3O3S/c1-4-10-16(11-5-1)12-6-3-9-15-18-17-13-7-2-8-14-17;2-1(3,4)8(5,6)7/h1-14,18H,15H2;(H,5,6,7). The van der Waals surface area contributed by atoms with Crippen molar-refractivity contribution in [1.29, 1.82) is 0 Å². The van der Waals surface area contributed by atoms with Crippen LogP contribution in [0.15, 0.2) is 78.9 Å². The molecule has 0 atom stereocenters. The third-order valence-corrected chi connectivity index (χ3v) is 3.41. The zero-order valence-electron chi connectivity index (χ0n) is 13.6. The molecule has 0 aliphatic rings. The topological polar surface area (TPSA) is 66.4 Å². The molecule has 2 aromatic rings. The van der Waals surface area contributed by atoms with Gasteiger partial charge in [0, 0.05) is 12.2 Å². The first kappa shape index (κ1) is 21.5. The zero-order chi connectivity index (χ0) is 19.5. The first-order valence-electron chi connectivity index (χ1n) is 7.41. The smallest absolute Gasteiger partial charge is 0.382 e. The molecule has 2 rings (SSSR count). The van der Waals surface area contributed by atoms with Crippen LogP contribution in [0.2, 0.25) is 0 Å². The van der Waals surface area contributed by atoms with Crippen molar-refractivity contribution in [2.75, 3.05) is 11.9 Å². The van der Waals surface area contributed by atoms with E-state index in [9.17, 15) is 13.2 Å². The molecule has 0 saturated heterocycles. The number of alkyl halides is 3. The molecule has 0 saturated carbocycles. The molecule has 0 spiro atoms. The lowest BCUT2D eigenvalue weighted by Crippen LogP contribution is -2.21. The Balaban J connectivity index is 0.000000359. The Labute approximate surface area is 150 Å². The number of hydrogen-bond donors (Lipinski definition) is 2. The minimum atomic E-state index is -5.84. The fourth-order valence-corrected chi connectivity index (χ4v) is 1.61. The normalized spacial score (nSPS) is 12.0. The molecule has 0 amide bonds. The first-order chi connectivity index (χ1) is 12.2. The van der Waals surface area contributed by atoms with Crippen LogP contribution >= 0.6 is 0 Å². The molecule has 2 N–H and O–H groups in total. The van der Waals surface area contributed by atoms with Crippen LogP contribution in [0.1, 0.15) is 5.56 Å². The van der Waals surface area contributed by atoms with Crippen LogP contribution in [0.3, 0.4) is 0 Å². The van der Waals surface area contributed by atoms with Crippen molar-refractivity contribution < 1.29 is 26.1 Å². The Hall–Kier alpha value is -2.58. The average molecular weight is 385 g/mol. The van der Waals surface area contributed by atoms with Gasteiger partial charge in [0.25, 0.3) is 0 Å². The number of halogens is 3. The van der Waals surface area contributed by atoms with Crippen molar-refractivity contribution in [1.82, 2.24) is 0 Å². The van der Waals surface area contributed by atoms with Gasteiger partial charge < -0.3 is 5.32 Å². The number of benzene rings is 2. The van der Waals surface area contributed by atoms with Gasteiger partial charge in [0.1, 0.15) is 0 Å². The SMILES string of the molecule is C(C=Cc1ccccc1)=CCNc1ccccc1.O=S(=O)(O)C(F)(F)F. The van der Waals surface area contributed by atoms with Gasteiger partial charge in [-0.25, -0.2) is 0 Å². The molecule has 0 aliphatic heterocycles. The second-order valence-corrected chi connectivity index (χ2v) is 6.28. The van der Waals surface area contributed by atoms with Gasteiger partial charge in [-0.1, -0.05) is 72.8 Å². The fraction of sp³-hybridized carbons (Fsp3) is 0.111. The van der Waals surface area contributed by atoms with Gasteiger partial charge in [-0.15, -0.1) is 0 Å². The monoisotopic (exact) mass is 385 g/mol. The highest BCUT2D eigenvalue weighted by Gasteiger charge is 2.44. The number of nitrogens with one attached hydrogen (secondary N) is 1. The third kappa shape index (κ3) is 9.05. The maximum Gasteiger partial charge on any atom is 0.522 e. The number of anilines is 1. The highest BCUT2D eigenvalue weighted by molar-refractivity contribution is 7.86. The van der Waals surface area contributed by atoms with Gasteiger partial charge in [0.05, 0.1) is 0 Å². The Morgan fingerprint density at radius 3 is 1.92 bits per heavy atom. The molecule has 0 heterocycles. The van der Waals surface area contributed by atoms with Crippen molar-refractivity contribution in [2.24, 2.45) is 0 Å². The van der Waals surface area contributed by atoms with Crippen LogP contribution < -0.4 is 5.32 Å². The van der Waals surface area contributed by atoms with Crippen LogP contribution in [-0.2, 0) is 10.1 Å². The molecule has 2 aromatic carbocycles. The lowest BCUT2D eigenvalue weighted by molar-refractivity contribution is -0.0510. The largest absolute Gasteiger partial charge is 0.522 e. The van der Waals surface area contributed by atoms with E-state index in [0.29, 0.717) is 0 Å². The molecule has 0 bridgehead atoms. The van der Waals surface area contributed by atoms with E-state index >= 15 is 0 Å². The second kappa shape index (κ2) is 10.4. The Bertz CT molecular complexity index is 803. The van der Waals surface area contributed by atoms with Gasteiger partial charge in [-0.2, -0.15) is 21.6 Å². The van der Waals surface area contributed by atoms with E-state index in [1.807, 2.05) is 36.4 Å². The molecule has 0 fully saturated rings. The van der Waals surface area contributed by atoms with E-state index in [2.05, 4.69) is 53.9 Å². The molecule has 0 aromatic heterocycles. The summed E-state index contributed by atoms with van der Waals surface area (Å²) in [5, 5.41) is 3.32. The van der Waals surface area contributed by atoms with Crippen molar-refractivity contribution in [3.8, 4) is 0 Å². The molecular formula is C18H18F3NO3S. The third-order valence-electron chi connectivity index (χ3n) is 2.83. The first-order valence-corrected chi connectivity index (χ1v) is 8.85. The number of hydrogen-bond acceptors (Lipinski definition) is 3.